The van der Waals surface area contributed by atoms with Crippen molar-refractivity contribution in [3.05, 3.63) is 48.2 Å². The first-order valence-corrected chi connectivity index (χ1v) is 6.01. The van der Waals surface area contributed by atoms with Gasteiger partial charge in [-0.25, -0.2) is 10.8 Å². The number of hydrazine groups is 1. The molecular formula is C14H18N4. The molecule has 18 heavy (non-hydrogen) atoms. The number of nitrogens with zero attached hydrogens (tertiary/aromatic N) is 2. The molecule has 4 heteroatoms. The highest BCUT2D eigenvalue weighted by atomic mass is 15.3. The summed E-state index contributed by atoms with van der Waals surface area (Å²) in [6, 6.07) is 12.3. The summed E-state index contributed by atoms with van der Waals surface area (Å²) in [7, 11) is 0. The molecule has 0 aliphatic heterocycles. The molecule has 0 radical (unpaired) electrons. The van der Waals surface area contributed by atoms with Crippen LogP contribution in [0.2, 0.25) is 0 Å². The number of rotatable bonds is 4. The maximum atomic E-state index is 5.39. The number of nitrogen functional groups attached to an aromatic ring is 1. The molecule has 2 rings (SSSR count). The average molecular weight is 242 g/mol. The molecule has 0 aliphatic rings. The van der Waals surface area contributed by atoms with E-state index in [0.29, 0.717) is 5.82 Å². The first kappa shape index (κ1) is 12.4. The number of anilines is 3. The third-order valence-electron chi connectivity index (χ3n) is 2.83. The molecular weight excluding hydrogens is 224 g/mol. The van der Waals surface area contributed by atoms with Gasteiger partial charge in [-0.1, -0.05) is 12.1 Å². The molecule has 0 amide bonds. The van der Waals surface area contributed by atoms with Crippen molar-refractivity contribution in [3.8, 4) is 0 Å². The Morgan fingerprint density at radius 1 is 1.22 bits per heavy atom. The SMILES string of the molecule is CCN(c1cccc(C)c1)c1ccnc(NN)c1. The Kier molecular flexibility index (Phi) is 3.79. The quantitative estimate of drug-likeness (QED) is 0.639. The summed E-state index contributed by atoms with van der Waals surface area (Å²) in [5.41, 5.74) is 6.07. The molecule has 0 fully saturated rings. The highest BCUT2D eigenvalue weighted by molar-refractivity contribution is 5.65. The van der Waals surface area contributed by atoms with Gasteiger partial charge >= 0.3 is 0 Å². The van der Waals surface area contributed by atoms with E-state index < -0.39 is 0 Å². The molecule has 2 aromatic rings. The van der Waals surface area contributed by atoms with E-state index in [1.54, 1.807) is 6.20 Å². The van der Waals surface area contributed by atoms with Crippen LogP contribution in [0, 0.1) is 6.92 Å². The maximum Gasteiger partial charge on any atom is 0.141 e. The van der Waals surface area contributed by atoms with Gasteiger partial charge in [0.25, 0.3) is 0 Å². The molecule has 0 aliphatic carbocycles. The van der Waals surface area contributed by atoms with E-state index in [0.717, 1.165) is 12.2 Å². The van der Waals surface area contributed by atoms with Gasteiger partial charge < -0.3 is 10.3 Å². The van der Waals surface area contributed by atoms with E-state index >= 15 is 0 Å². The minimum Gasteiger partial charge on any atom is -0.342 e. The number of hydrogen-bond donors (Lipinski definition) is 2. The summed E-state index contributed by atoms with van der Waals surface area (Å²) < 4.78 is 0. The predicted molar refractivity (Wildman–Crippen MR) is 75.9 cm³/mol. The van der Waals surface area contributed by atoms with Crippen molar-refractivity contribution in [3.63, 3.8) is 0 Å². The maximum absolute atomic E-state index is 5.39. The van der Waals surface area contributed by atoms with E-state index in [2.05, 4.69) is 53.4 Å². The van der Waals surface area contributed by atoms with Crippen molar-refractivity contribution in [1.29, 1.82) is 0 Å². The van der Waals surface area contributed by atoms with Crippen LogP contribution in [0.5, 0.6) is 0 Å². The van der Waals surface area contributed by atoms with Gasteiger partial charge in [-0.05, 0) is 37.6 Å². The van der Waals surface area contributed by atoms with Crippen LogP contribution in [0.1, 0.15) is 12.5 Å². The van der Waals surface area contributed by atoms with E-state index in [-0.39, 0.29) is 0 Å². The van der Waals surface area contributed by atoms with Gasteiger partial charge in [-0.2, -0.15) is 0 Å². The zero-order chi connectivity index (χ0) is 13.0. The third kappa shape index (κ3) is 2.60. The van der Waals surface area contributed by atoms with Gasteiger partial charge in [0.2, 0.25) is 0 Å². The van der Waals surface area contributed by atoms with Crippen molar-refractivity contribution in [2.75, 3.05) is 16.9 Å². The molecule has 0 saturated heterocycles. The smallest absolute Gasteiger partial charge is 0.141 e. The van der Waals surface area contributed by atoms with Crippen molar-refractivity contribution in [2.45, 2.75) is 13.8 Å². The summed E-state index contributed by atoms with van der Waals surface area (Å²) in [4.78, 5) is 6.34. The van der Waals surface area contributed by atoms with Crippen LogP contribution >= 0.6 is 0 Å². The van der Waals surface area contributed by atoms with Gasteiger partial charge in [0.05, 0.1) is 0 Å². The highest BCUT2D eigenvalue weighted by Gasteiger charge is 2.08. The standard InChI is InChI=1S/C14H18N4/c1-3-18(12-6-4-5-11(2)9-12)13-7-8-16-14(10-13)17-15/h4-10H,3,15H2,1-2H3,(H,16,17). The van der Waals surface area contributed by atoms with Crippen LogP contribution in [0.15, 0.2) is 42.6 Å². The van der Waals surface area contributed by atoms with Crippen LogP contribution in [0.3, 0.4) is 0 Å². The monoisotopic (exact) mass is 242 g/mol. The number of hydrogen-bond acceptors (Lipinski definition) is 4. The summed E-state index contributed by atoms with van der Waals surface area (Å²) in [5, 5.41) is 0. The lowest BCUT2D eigenvalue weighted by molar-refractivity contribution is 1.02. The molecule has 3 N–H and O–H groups in total. The Balaban J connectivity index is 2.38. The summed E-state index contributed by atoms with van der Waals surface area (Å²) >= 11 is 0. The van der Waals surface area contributed by atoms with E-state index in [4.69, 9.17) is 5.84 Å². The Labute approximate surface area is 107 Å². The second-order valence-corrected chi connectivity index (χ2v) is 4.13. The Morgan fingerprint density at radius 2 is 2.00 bits per heavy atom. The molecule has 0 bridgehead atoms. The van der Waals surface area contributed by atoms with E-state index in [1.807, 2.05) is 12.1 Å². The Hall–Kier alpha value is -2.07. The van der Waals surface area contributed by atoms with Gasteiger partial charge in [-0.3, -0.25) is 0 Å². The Morgan fingerprint density at radius 3 is 2.67 bits per heavy atom. The topological polar surface area (TPSA) is 54.2 Å². The summed E-state index contributed by atoms with van der Waals surface area (Å²) in [6.45, 7) is 5.10. The highest BCUT2D eigenvalue weighted by Crippen LogP contribution is 2.26. The molecule has 94 valence electrons. The molecule has 4 nitrogen and oxygen atoms in total. The minimum absolute atomic E-state index is 0.665. The number of benzene rings is 1. The Bertz CT molecular complexity index is 525. The fraction of sp³-hybridized carbons (Fsp3) is 0.214. The lowest BCUT2D eigenvalue weighted by atomic mass is 10.2. The summed E-state index contributed by atoms with van der Waals surface area (Å²) in [6.07, 6.45) is 1.75. The second-order valence-electron chi connectivity index (χ2n) is 4.13. The molecule has 0 saturated carbocycles. The summed E-state index contributed by atoms with van der Waals surface area (Å²) in [5.74, 6) is 6.06. The van der Waals surface area contributed by atoms with Crippen molar-refractivity contribution >= 4 is 17.2 Å². The van der Waals surface area contributed by atoms with Gasteiger partial charge in [0, 0.05) is 30.2 Å². The van der Waals surface area contributed by atoms with Crippen LogP contribution in [0.4, 0.5) is 17.2 Å². The van der Waals surface area contributed by atoms with Gasteiger partial charge in [0.15, 0.2) is 0 Å². The number of aromatic nitrogens is 1. The number of nitrogens with two attached hydrogens (primary N) is 1. The minimum atomic E-state index is 0.665. The van der Waals surface area contributed by atoms with Gasteiger partial charge in [0.1, 0.15) is 5.82 Å². The van der Waals surface area contributed by atoms with Crippen molar-refractivity contribution < 1.29 is 0 Å². The van der Waals surface area contributed by atoms with Crippen LogP contribution in [-0.2, 0) is 0 Å². The molecule has 0 spiro atoms. The van der Waals surface area contributed by atoms with Crippen molar-refractivity contribution in [2.24, 2.45) is 5.84 Å². The van der Waals surface area contributed by atoms with Crippen LogP contribution in [-0.4, -0.2) is 11.5 Å². The van der Waals surface area contributed by atoms with Crippen molar-refractivity contribution in [1.82, 2.24) is 4.98 Å². The lowest BCUT2D eigenvalue weighted by Gasteiger charge is -2.24. The molecule has 0 atom stereocenters. The average Bonchev–Trinajstić information content (AvgIpc) is 2.40. The number of nitrogens with one attached hydrogen (secondary N) is 1. The first-order valence-electron chi connectivity index (χ1n) is 6.01. The number of pyridine rings is 1. The van der Waals surface area contributed by atoms with E-state index in [9.17, 15) is 0 Å². The normalized spacial score (nSPS) is 10.2. The fourth-order valence-corrected chi connectivity index (χ4v) is 1.98. The largest absolute Gasteiger partial charge is 0.342 e. The zero-order valence-corrected chi connectivity index (χ0v) is 10.7. The number of aryl methyl sites for hydroxylation is 1. The molecule has 0 unspecified atom stereocenters. The lowest BCUT2D eigenvalue weighted by Crippen LogP contribution is -2.17. The fourth-order valence-electron chi connectivity index (χ4n) is 1.98. The third-order valence-corrected chi connectivity index (χ3v) is 2.83. The first-order chi connectivity index (χ1) is 8.74. The zero-order valence-electron chi connectivity index (χ0n) is 10.7. The van der Waals surface area contributed by atoms with E-state index in [1.165, 1.54) is 11.3 Å². The van der Waals surface area contributed by atoms with Crippen LogP contribution < -0.4 is 16.2 Å². The van der Waals surface area contributed by atoms with Crippen LogP contribution in [0.25, 0.3) is 0 Å². The molecule has 1 heterocycles. The predicted octanol–water partition coefficient (Wildman–Crippen LogP) is 2.83. The molecule has 1 aromatic heterocycles. The second kappa shape index (κ2) is 5.51. The molecule has 1 aromatic carbocycles. The van der Waals surface area contributed by atoms with Gasteiger partial charge in [-0.15, -0.1) is 0 Å².